The summed E-state index contributed by atoms with van der Waals surface area (Å²) in [7, 11) is 0. The van der Waals surface area contributed by atoms with E-state index in [2.05, 4.69) is 26.0 Å². The van der Waals surface area contributed by atoms with Crippen LogP contribution in [0.5, 0.6) is 0 Å². The molecule has 0 saturated heterocycles. The van der Waals surface area contributed by atoms with E-state index in [1.54, 1.807) is 0 Å². The lowest BCUT2D eigenvalue weighted by Crippen LogP contribution is -1.89. The summed E-state index contributed by atoms with van der Waals surface area (Å²) in [5.74, 6) is -0.328. The van der Waals surface area contributed by atoms with Crippen molar-refractivity contribution in [2.45, 2.75) is 0 Å². The van der Waals surface area contributed by atoms with Crippen LogP contribution < -0.4 is 0 Å². The van der Waals surface area contributed by atoms with E-state index in [1.807, 2.05) is 0 Å². The molecule has 2 aromatic rings. The first-order chi connectivity index (χ1) is 5.29. The molecule has 0 atom stereocenters. The maximum absolute atomic E-state index is 12.8. The van der Waals surface area contributed by atoms with Crippen LogP contribution in [0.3, 0.4) is 0 Å². The molecule has 2 heterocycles. The van der Waals surface area contributed by atoms with Gasteiger partial charge in [-0.3, -0.25) is 0 Å². The Kier molecular flexibility index (Phi) is 1.38. The third kappa shape index (κ3) is 0.920. The zero-order valence-electron chi connectivity index (χ0n) is 5.33. The highest BCUT2D eigenvalue weighted by atomic mass is 79.9. The quantitative estimate of drug-likeness (QED) is 0.669. The number of hydrogen-bond acceptors (Lipinski definition) is 2. The summed E-state index contributed by atoms with van der Waals surface area (Å²) in [5, 5.41) is 3.83. The summed E-state index contributed by atoms with van der Waals surface area (Å²) in [5.41, 5.74) is 0.491. The van der Waals surface area contributed by atoms with E-state index >= 15 is 0 Å². The Morgan fingerprint density at radius 1 is 1.55 bits per heavy atom. The van der Waals surface area contributed by atoms with Crippen LogP contribution in [-0.2, 0) is 0 Å². The summed E-state index contributed by atoms with van der Waals surface area (Å²) >= 11 is 3.06. The van der Waals surface area contributed by atoms with Crippen molar-refractivity contribution in [2.75, 3.05) is 0 Å². The van der Waals surface area contributed by atoms with Gasteiger partial charge in [-0.05, 0) is 22.0 Å². The summed E-state index contributed by atoms with van der Waals surface area (Å²) < 4.78 is 14.6. The number of aromatic nitrogens is 3. The molecule has 0 fully saturated rings. The molecule has 0 radical (unpaired) electrons. The second-order valence-electron chi connectivity index (χ2n) is 2.01. The van der Waals surface area contributed by atoms with Gasteiger partial charge in [0.1, 0.15) is 12.1 Å². The van der Waals surface area contributed by atoms with E-state index in [0.717, 1.165) is 0 Å². The molecule has 56 valence electrons. The molecule has 0 spiro atoms. The minimum Gasteiger partial charge on any atom is -0.220 e. The van der Waals surface area contributed by atoms with E-state index in [0.29, 0.717) is 10.1 Å². The van der Waals surface area contributed by atoms with E-state index < -0.39 is 0 Å². The minimum absolute atomic E-state index is 0.328. The molecule has 0 saturated carbocycles. The number of halogens is 2. The maximum atomic E-state index is 12.8. The monoisotopic (exact) mass is 215 g/mol. The molecule has 0 unspecified atom stereocenters. The Bertz CT molecular complexity index is 398. The molecule has 5 heteroatoms. The molecule has 0 aliphatic rings. The third-order valence-corrected chi connectivity index (χ3v) is 2.07. The van der Waals surface area contributed by atoms with Gasteiger partial charge in [0.25, 0.3) is 0 Å². The van der Waals surface area contributed by atoms with Crippen molar-refractivity contribution in [1.82, 2.24) is 14.6 Å². The van der Waals surface area contributed by atoms with Gasteiger partial charge in [0.15, 0.2) is 5.65 Å². The molecule has 11 heavy (non-hydrogen) atoms. The van der Waals surface area contributed by atoms with Crippen LogP contribution in [0.1, 0.15) is 0 Å². The van der Waals surface area contributed by atoms with Crippen LogP contribution >= 0.6 is 15.9 Å². The van der Waals surface area contributed by atoms with E-state index in [4.69, 9.17) is 0 Å². The molecule has 0 amide bonds. The van der Waals surface area contributed by atoms with Crippen molar-refractivity contribution in [3.05, 3.63) is 28.9 Å². The summed E-state index contributed by atoms with van der Waals surface area (Å²) in [6.45, 7) is 0. The SMILES string of the molecule is Fc1ccn2ncnc2c1Br. The van der Waals surface area contributed by atoms with Gasteiger partial charge in [-0.1, -0.05) is 0 Å². The van der Waals surface area contributed by atoms with Crippen LogP contribution in [0, 0.1) is 5.82 Å². The van der Waals surface area contributed by atoms with Gasteiger partial charge >= 0.3 is 0 Å². The zero-order chi connectivity index (χ0) is 7.84. The maximum Gasteiger partial charge on any atom is 0.172 e. The lowest BCUT2D eigenvalue weighted by atomic mass is 10.5. The van der Waals surface area contributed by atoms with Gasteiger partial charge in [0, 0.05) is 6.20 Å². The highest BCUT2D eigenvalue weighted by Gasteiger charge is 2.04. The Hall–Kier alpha value is -0.970. The minimum atomic E-state index is -0.328. The largest absolute Gasteiger partial charge is 0.220 e. The fraction of sp³-hybridized carbons (Fsp3) is 0. The number of rotatable bonds is 0. The van der Waals surface area contributed by atoms with Gasteiger partial charge in [0.05, 0.1) is 4.47 Å². The average Bonchev–Trinajstić information content (AvgIpc) is 2.45. The first-order valence-corrected chi connectivity index (χ1v) is 3.71. The normalized spacial score (nSPS) is 10.7. The number of pyridine rings is 1. The predicted molar refractivity (Wildman–Crippen MR) is 40.6 cm³/mol. The first kappa shape index (κ1) is 6.72. The van der Waals surface area contributed by atoms with Crippen molar-refractivity contribution in [3.63, 3.8) is 0 Å². The Morgan fingerprint density at radius 2 is 2.36 bits per heavy atom. The topological polar surface area (TPSA) is 30.2 Å². The van der Waals surface area contributed by atoms with Crippen molar-refractivity contribution < 1.29 is 4.39 Å². The average molecular weight is 216 g/mol. The molecule has 0 aliphatic carbocycles. The lowest BCUT2D eigenvalue weighted by molar-refractivity contribution is 0.618. The molecule has 2 rings (SSSR count). The van der Waals surface area contributed by atoms with E-state index in [9.17, 15) is 4.39 Å². The molecule has 0 aromatic carbocycles. The second-order valence-corrected chi connectivity index (χ2v) is 2.80. The Labute approximate surface area is 70.0 Å². The summed E-state index contributed by atoms with van der Waals surface area (Å²) in [6.07, 6.45) is 2.89. The van der Waals surface area contributed by atoms with Crippen molar-refractivity contribution in [2.24, 2.45) is 0 Å². The van der Waals surface area contributed by atoms with Crippen LogP contribution in [0.25, 0.3) is 5.65 Å². The smallest absolute Gasteiger partial charge is 0.172 e. The molecule has 3 nitrogen and oxygen atoms in total. The predicted octanol–water partition coefficient (Wildman–Crippen LogP) is 1.63. The van der Waals surface area contributed by atoms with Crippen molar-refractivity contribution in [3.8, 4) is 0 Å². The lowest BCUT2D eigenvalue weighted by Gasteiger charge is -1.94. The fourth-order valence-electron chi connectivity index (χ4n) is 0.832. The fourth-order valence-corrected chi connectivity index (χ4v) is 1.25. The molecular formula is C6H3BrFN3. The number of nitrogens with zero attached hydrogens (tertiary/aromatic N) is 3. The van der Waals surface area contributed by atoms with E-state index in [-0.39, 0.29) is 5.82 Å². The van der Waals surface area contributed by atoms with Crippen LogP contribution in [-0.4, -0.2) is 14.6 Å². The molecule has 2 aromatic heterocycles. The highest BCUT2D eigenvalue weighted by molar-refractivity contribution is 9.10. The highest BCUT2D eigenvalue weighted by Crippen LogP contribution is 2.18. The van der Waals surface area contributed by atoms with E-state index in [1.165, 1.54) is 23.1 Å². The van der Waals surface area contributed by atoms with Gasteiger partial charge in [0.2, 0.25) is 0 Å². The Morgan fingerprint density at radius 3 is 3.18 bits per heavy atom. The second kappa shape index (κ2) is 2.27. The zero-order valence-corrected chi connectivity index (χ0v) is 6.92. The molecule has 0 bridgehead atoms. The van der Waals surface area contributed by atoms with Gasteiger partial charge in [-0.25, -0.2) is 13.9 Å². The molecule has 0 N–H and O–H groups in total. The van der Waals surface area contributed by atoms with Gasteiger partial charge in [-0.15, -0.1) is 0 Å². The van der Waals surface area contributed by atoms with Gasteiger partial charge in [-0.2, -0.15) is 5.10 Å². The van der Waals surface area contributed by atoms with Crippen LogP contribution in [0.15, 0.2) is 23.1 Å². The van der Waals surface area contributed by atoms with Crippen molar-refractivity contribution >= 4 is 21.6 Å². The Balaban J connectivity index is 2.93. The van der Waals surface area contributed by atoms with Crippen LogP contribution in [0.4, 0.5) is 4.39 Å². The van der Waals surface area contributed by atoms with Crippen LogP contribution in [0.2, 0.25) is 0 Å². The standard InChI is InChI=1S/C6H3BrFN3/c7-5-4(8)1-2-11-6(5)9-3-10-11/h1-3H. The molecular weight excluding hydrogens is 213 g/mol. The van der Waals surface area contributed by atoms with Gasteiger partial charge < -0.3 is 0 Å². The number of fused-ring (bicyclic) bond motifs is 1. The first-order valence-electron chi connectivity index (χ1n) is 2.92. The summed E-state index contributed by atoms with van der Waals surface area (Å²) in [4.78, 5) is 3.84. The van der Waals surface area contributed by atoms with Crippen molar-refractivity contribution in [1.29, 1.82) is 0 Å². The molecule has 0 aliphatic heterocycles. The number of hydrogen-bond donors (Lipinski definition) is 0. The third-order valence-electron chi connectivity index (χ3n) is 1.34. The summed E-state index contributed by atoms with van der Waals surface area (Å²) in [6, 6.07) is 1.33.